The first-order valence-electron chi connectivity index (χ1n) is 4.17. The third-order valence-electron chi connectivity index (χ3n) is 2.23. The van der Waals surface area contributed by atoms with Crippen LogP contribution >= 0.6 is 0 Å². The molecule has 0 aromatic carbocycles. The van der Waals surface area contributed by atoms with Gasteiger partial charge in [-0.15, -0.1) is 0 Å². The minimum atomic E-state index is -0.617. The van der Waals surface area contributed by atoms with Crippen molar-refractivity contribution >= 4 is 5.91 Å². The van der Waals surface area contributed by atoms with E-state index in [1.807, 2.05) is 32.9 Å². The molecule has 3 nitrogen and oxygen atoms in total. The summed E-state index contributed by atoms with van der Waals surface area (Å²) in [5.74, 6) is -0.321. The molecule has 0 saturated carbocycles. The van der Waals surface area contributed by atoms with Crippen LogP contribution in [0.3, 0.4) is 0 Å². The standard InChI is InChI=1S/C10H14N2O/c1-7-6-8(4-5-12-7)10(2,3)9(11)13/h4-6H,1-3H3,(H2,11,13). The smallest absolute Gasteiger partial charge is 0.227 e. The van der Waals surface area contributed by atoms with E-state index in [-0.39, 0.29) is 5.91 Å². The van der Waals surface area contributed by atoms with Crippen LogP contribution in [0.25, 0.3) is 0 Å². The van der Waals surface area contributed by atoms with Gasteiger partial charge in [0.1, 0.15) is 0 Å². The molecule has 13 heavy (non-hydrogen) atoms. The van der Waals surface area contributed by atoms with Crippen molar-refractivity contribution in [1.29, 1.82) is 0 Å². The molecule has 0 aliphatic heterocycles. The Morgan fingerprint density at radius 1 is 1.54 bits per heavy atom. The molecule has 2 N–H and O–H groups in total. The minimum absolute atomic E-state index is 0.321. The number of primary amides is 1. The zero-order chi connectivity index (χ0) is 10.1. The van der Waals surface area contributed by atoms with Gasteiger partial charge in [0.25, 0.3) is 0 Å². The van der Waals surface area contributed by atoms with Crippen molar-refractivity contribution in [3.05, 3.63) is 29.6 Å². The van der Waals surface area contributed by atoms with Crippen molar-refractivity contribution in [1.82, 2.24) is 4.98 Å². The maximum atomic E-state index is 11.1. The summed E-state index contributed by atoms with van der Waals surface area (Å²) in [5, 5.41) is 0. The third kappa shape index (κ3) is 1.86. The highest BCUT2D eigenvalue weighted by Gasteiger charge is 2.27. The van der Waals surface area contributed by atoms with Crippen LogP contribution in [0.2, 0.25) is 0 Å². The normalized spacial score (nSPS) is 11.3. The summed E-state index contributed by atoms with van der Waals surface area (Å²) in [6.07, 6.45) is 1.69. The third-order valence-corrected chi connectivity index (χ3v) is 2.23. The molecule has 0 aliphatic rings. The molecular formula is C10H14N2O. The first kappa shape index (κ1) is 9.71. The number of aromatic nitrogens is 1. The van der Waals surface area contributed by atoms with Gasteiger partial charge in [0.15, 0.2) is 0 Å². The highest BCUT2D eigenvalue weighted by Crippen LogP contribution is 2.22. The van der Waals surface area contributed by atoms with E-state index < -0.39 is 5.41 Å². The molecule has 0 unspecified atom stereocenters. The molecule has 1 aromatic rings. The van der Waals surface area contributed by atoms with Gasteiger partial charge in [-0.05, 0) is 38.5 Å². The fourth-order valence-corrected chi connectivity index (χ4v) is 1.08. The molecule has 0 radical (unpaired) electrons. The Morgan fingerprint density at radius 2 is 2.15 bits per heavy atom. The summed E-state index contributed by atoms with van der Waals surface area (Å²) >= 11 is 0. The van der Waals surface area contributed by atoms with Gasteiger partial charge in [-0.25, -0.2) is 0 Å². The van der Waals surface area contributed by atoms with Crippen molar-refractivity contribution in [3.8, 4) is 0 Å². The molecule has 1 aromatic heterocycles. The number of pyridine rings is 1. The van der Waals surface area contributed by atoms with Gasteiger partial charge < -0.3 is 5.73 Å². The van der Waals surface area contributed by atoms with Crippen molar-refractivity contribution < 1.29 is 4.79 Å². The Kier molecular flexibility index (Phi) is 2.36. The van der Waals surface area contributed by atoms with Crippen molar-refractivity contribution in [3.63, 3.8) is 0 Å². The highest BCUT2D eigenvalue weighted by molar-refractivity contribution is 5.85. The van der Waals surface area contributed by atoms with E-state index in [2.05, 4.69) is 4.98 Å². The van der Waals surface area contributed by atoms with Crippen LogP contribution in [0.15, 0.2) is 18.3 Å². The van der Waals surface area contributed by atoms with E-state index in [4.69, 9.17) is 5.73 Å². The summed E-state index contributed by atoms with van der Waals surface area (Å²) < 4.78 is 0. The zero-order valence-corrected chi connectivity index (χ0v) is 8.16. The number of hydrogen-bond donors (Lipinski definition) is 1. The molecule has 0 saturated heterocycles. The maximum Gasteiger partial charge on any atom is 0.227 e. The van der Waals surface area contributed by atoms with Gasteiger partial charge >= 0.3 is 0 Å². The number of aryl methyl sites for hydroxylation is 1. The number of hydrogen-bond acceptors (Lipinski definition) is 2. The van der Waals surface area contributed by atoms with E-state index in [0.717, 1.165) is 11.3 Å². The molecule has 0 spiro atoms. The van der Waals surface area contributed by atoms with Gasteiger partial charge in [-0.3, -0.25) is 9.78 Å². The lowest BCUT2D eigenvalue weighted by atomic mass is 9.84. The van der Waals surface area contributed by atoms with Gasteiger partial charge in [0.2, 0.25) is 5.91 Å². The topological polar surface area (TPSA) is 56.0 Å². The Bertz CT molecular complexity index is 331. The molecule has 1 heterocycles. The predicted octanol–water partition coefficient (Wildman–Crippen LogP) is 1.15. The largest absolute Gasteiger partial charge is 0.369 e. The maximum absolute atomic E-state index is 11.1. The van der Waals surface area contributed by atoms with E-state index >= 15 is 0 Å². The molecule has 1 amide bonds. The summed E-state index contributed by atoms with van der Waals surface area (Å²) in [5.41, 5.74) is 6.48. The molecule has 3 heteroatoms. The number of carbonyl (C=O) groups is 1. The average Bonchev–Trinajstić information content (AvgIpc) is 2.04. The quantitative estimate of drug-likeness (QED) is 0.738. The molecule has 0 fully saturated rings. The van der Waals surface area contributed by atoms with Crippen molar-refractivity contribution in [2.45, 2.75) is 26.2 Å². The molecule has 70 valence electrons. The minimum Gasteiger partial charge on any atom is -0.369 e. The number of nitrogens with two attached hydrogens (primary N) is 1. The monoisotopic (exact) mass is 178 g/mol. The molecular weight excluding hydrogens is 164 g/mol. The molecule has 0 atom stereocenters. The van der Waals surface area contributed by atoms with E-state index in [0.29, 0.717) is 0 Å². The van der Waals surface area contributed by atoms with Crippen LogP contribution in [-0.4, -0.2) is 10.9 Å². The van der Waals surface area contributed by atoms with Gasteiger partial charge in [0.05, 0.1) is 5.41 Å². The second-order valence-corrected chi connectivity index (χ2v) is 3.68. The number of carbonyl (C=O) groups excluding carboxylic acids is 1. The summed E-state index contributed by atoms with van der Waals surface area (Å²) in [4.78, 5) is 15.2. The lowest BCUT2D eigenvalue weighted by molar-refractivity contribution is -0.122. The van der Waals surface area contributed by atoms with Crippen LogP contribution in [-0.2, 0) is 10.2 Å². The SMILES string of the molecule is Cc1cc(C(C)(C)C(N)=O)ccn1. The Hall–Kier alpha value is -1.38. The first-order chi connectivity index (χ1) is 5.94. The first-order valence-corrected chi connectivity index (χ1v) is 4.17. The zero-order valence-electron chi connectivity index (χ0n) is 8.16. The van der Waals surface area contributed by atoms with Crippen molar-refractivity contribution in [2.24, 2.45) is 5.73 Å². The van der Waals surface area contributed by atoms with Crippen LogP contribution < -0.4 is 5.73 Å². The number of nitrogens with zero attached hydrogens (tertiary/aromatic N) is 1. The second kappa shape index (κ2) is 3.17. The lowest BCUT2D eigenvalue weighted by Crippen LogP contribution is -2.35. The Morgan fingerprint density at radius 3 is 2.62 bits per heavy atom. The molecule has 1 rings (SSSR count). The summed E-state index contributed by atoms with van der Waals surface area (Å²) in [6.45, 7) is 5.51. The van der Waals surface area contributed by atoms with Crippen LogP contribution in [0.4, 0.5) is 0 Å². The molecule has 0 bridgehead atoms. The summed E-state index contributed by atoms with van der Waals surface area (Å²) in [6, 6.07) is 3.70. The highest BCUT2D eigenvalue weighted by atomic mass is 16.1. The van der Waals surface area contributed by atoms with Crippen LogP contribution in [0.1, 0.15) is 25.1 Å². The lowest BCUT2D eigenvalue weighted by Gasteiger charge is -2.20. The van der Waals surface area contributed by atoms with Crippen LogP contribution in [0.5, 0.6) is 0 Å². The fraction of sp³-hybridized carbons (Fsp3) is 0.400. The second-order valence-electron chi connectivity index (χ2n) is 3.68. The van der Waals surface area contributed by atoms with E-state index in [1.165, 1.54) is 0 Å². The summed E-state index contributed by atoms with van der Waals surface area (Å²) in [7, 11) is 0. The predicted molar refractivity (Wildman–Crippen MR) is 51.2 cm³/mol. The van der Waals surface area contributed by atoms with Crippen LogP contribution in [0, 0.1) is 6.92 Å². The molecule has 0 aliphatic carbocycles. The number of amides is 1. The Balaban J connectivity index is 3.14. The van der Waals surface area contributed by atoms with E-state index in [1.54, 1.807) is 6.20 Å². The number of rotatable bonds is 2. The fourth-order valence-electron chi connectivity index (χ4n) is 1.08. The van der Waals surface area contributed by atoms with Gasteiger partial charge in [-0.1, -0.05) is 0 Å². The van der Waals surface area contributed by atoms with E-state index in [9.17, 15) is 4.79 Å². The van der Waals surface area contributed by atoms with Crippen molar-refractivity contribution in [2.75, 3.05) is 0 Å². The van der Waals surface area contributed by atoms with Gasteiger partial charge in [0, 0.05) is 11.9 Å². The average molecular weight is 178 g/mol. The van der Waals surface area contributed by atoms with Gasteiger partial charge in [-0.2, -0.15) is 0 Å². The Labute approximate surface area is 78.0 Å².